The van der Waals surface area contributed by atoms with Crippen LogP contribution in [-0.2, 0) is 11.3 Å². The van der Waals surface area contributed by atoms with Crippen molar-refractivity contribution in [2.24, 2.45) is 0 Å². The third-order valence-corrected chi connectivity index (χ3v) is 3.33. The van der Waals surface area contributed by atoms with Crippen molar-refractivity contribution in [3.8, 4) is 11.3 Å². The predicted octanol–water partition coefficient (Wildman–Crippen LogP) is 2.53. The van der Waals surface area contributed by atoms with Crippen molar-refractivity contribution in [1.29, 1.82) is 0 Å². The third-order valence-electron chi connectivity index (χ3n) is 3.08. The molecule has 0 radical (unpaired) electrons. The zero-order valence-corrected chi connectivity index (χ0v) is 11.8. The van der Waals surface area contributed by atoms with Gasteiger partial charge in [-0.15, -0.1) is 0 Å². The fourth-order valence-corrected chi connectivity index (χ4v) is 2.20. The Morgan fingerprint density at radius 3 is 2.76 bits per heavy atom. The largest absolute Gasteiger partial charge is 0.463 e. The van der Waals surface area contributed by atoms with Crippen LogP contribution < -0.4 is 0 Å². The Labute approximate surface area is 124 Å². The van der Waals surface area contributed by atoms with Crippen LogP contribution in [0.3, 0.4) is 0 Å². The van der Waals surface area contributed by atoms with E-state index in [1.165, 1.54) is 17.7 Å². The molecule has 0 saturated carbocycles. The molecule has 0 amide bonds. The van der Waals surface area contributed by atoms with E-state index in [0.717, 1.165) is 5.56 Å². The van der Waals surface area contributed by atoms with Crippen LogP contribution in [0, 0.1) is 0 Å². The van der Waals surface area contributed by atoms with Gasteiger partial charge in [0, 0.05) is 10.6 Å². The SMILES string of the molecule is COC(=O)c1cn2c(CO)c(-c3ccc(Cl)cc3)nc2o1. The van der Waals surface area contributed by atoms with E-state index in [2.05, 4.69) is 9.72 Å². The number of hydrogen-bond donors (Lipinski definition) is 1. The molecule has 0 aliphatic heterocycles. The van der Waals surface area contributed by atoms with E-state index in [-0.39, 0.29) is 18.2 Å². The van der Waals surface area contributed by atoms with Crippen molar-refractivity contribution < 1.29 is 19.1 Å². The first-order chi connectivity index (χ1) is 10.1. The number of aromatic nitrogens is 2. The molecule has 7 heteroatoms. The minimum atomic E-state index is -0.600. The number of ether oxygens (including phenoxy) is 1. The smallest absolute Gasteiger partial charge is 0.375 e. The summed E-state index contributed by atoms with van der Waals surface area (Å²) in [5, 5.41) is 10.2. The van der Waals surface area contributed by atoms with Crippen molar-refractivity contribution in [3.05, 3.63) is 46.9 Å². The lowest BCUT2D eigenvalue weighted by atomic mass is 10.1. The Bertz CT molecular complexity index is 804. The van der Waals surface area contributed by atoms with Gasteiger partial charge in [-0.25, -0.2) is 4.79 Å². The minimum Gasteiger partial charge on any atom is -0.463 e. The van der Waals surface area contributed by atoms with Crippen LogP contribution in [0.4, 0.5) is 0 Å². The van der Waals surface area contributed by atoms with Gasteiger partial charge < -0.3 is 14.3 Å². The number of methoxy groups -OCH3 is 1. The summed E-state index contributed by atoms with van der Waals surface area (Å²) in [6.45, 7) is -0.251. The van der Waals surface area contributed by atoms with Gasteiger partial charge in [0.25, 0.3) is 0 Å². The van der Waals surface area contributed by atoms with Crippen LogP contribution in [0.25, 0.3) is 17.1 Å². The number of imidazole rings is 1. The molecule has 1 N–H and O–H groups in total. The molecule has 0 fully saturated rings. The number of esters is 1. The van der Waals surface area contributed by atoms with E-state index in [4.69, 9.17) is 16.0 Å². The van der Waals surface area contributed by atoms with E-state index >= 15 is 0 Å². The van der Waals surface area contributed by atoms with Gasteiger partial charge in [0.05, 0.1) is 31.3 Å². The molecule has 21 heavy (non-hydrogen) atoms. The zero-order valence-electron chi connectivity index (χ0n) is 11.0. The Morgan fingerprint density at radius 2 is 2.14 bits per heavy atom. The Balaban J connectivity index is 2.14. The average molecular weight is 307 g/mol. The second-order valence-corrected chi connectivity index (χ2v) is 4.75. The number of fused-ring (bicyclic) bond motifs is 1. The van der Waals surface area contributed by atoms with Gasteiger partial charge in [0.2, 0.25) is 5.76 Å². The summed E-state index contributed by atoms with van der Waals surface area (Å²) < 4.78 is 11.4. The summed E-state index contributed by atoms with van der Waals surface area (Å²) in [6.07, 6.45) is 1.44. The highest BCUT2D eigenvalue weighted by Crippen LogP contribution is 2.27. The Hall–Kier alpha value is -2.31. The summed E-state index contributed by atoms with van der Waals surface area (Å²) in [6, 6.07) is 7.06. The van der Waals surface area contributed by atoms with Gasteiger partial charge in [-0.05, 0) is 12.1 Å². The Morgan fingerprint density at radius 1 is 1.43 bits per heavy atom. The monoisotopic (exact) mass is 306 g/mol. The zero-order chi connectivity index (χ0) is 15.0. The predicted molar refractivity (Wildman–Crippen MR) is 75.2 cm³/mol. The molecule has 0 aliphatic carbocycles. The maximum absolute atomic E-state index is 11.4. The molecule has 0 atom stereocenters. The maximum atomic E-state index is 11.4. The normalized spacial score (nSPS) is 11.0. The molecule has 2 heterocycles. The van der Waals surface area contributed by atoms with E-state index in [1.54, 1.807) is 24.3 Å². The second kappa shape index (κ2) is 5.23. The molecular formula is C14H11ClN2O4. The van der Waals surface area contributed by atoms with Crippen LogP contribution in [0.5, 0.6) is 0 Å². The van der Waals surface area contributed by atoms with Crippen LogP contribution in [0.15, 0.2) is 34.9 Å². The van der Waals surface area contributed by atoms with E-state index in [1.807, 2.05) is 0 Å². The van der Waals surface area contributed by atoms with Crippen LogP contribution in [0.2, 0.25) is 5.02 Å². The number of carbonyl (C=O) groups is 1. The molecule has 1 aromatic carbocycles. The molecule has 0 spiro atoms. The molecule has 108 valence electrons. The van der Waals surface area contributed by atoms with E-state index in [0.29, 0.717) is 16.4 Å². The van der Waals surface area contributed by atoms with Crippen LogP contribution in [0.1, 0.15) is 16.2 Å². The molecule has 0 bridgehead atoms. The summed E-state index contributed by atoms with van der Waals surface area (Å²) in [5.74, 6) is -0.362. The van der Waals surface area contributed by atoms with E-state index < -0.39 is 5.97 Å². The molecule has 3 rings (SSSR count). The van der Waals surface area contributed by atoms with Crippen LogP contribution >= 0.6 is 11.6 Å². The summed E-state index contributed by atoms with van der Waals surface area (Å²) >= 11 is 5.86. The lowest BCUT2D eigenvalue weighted by Gasteiger charge is -2.01. The van der Waals surface area contributed by atoms with Gasteiger partial charge in [-0.2, -0.15) is 4.98 Å². The number of oxazole rings is 1. The van der Waals surface area contributed by atoms with Gasteiger partial charge in [0.1, 0.15) is 0 Å². The lowest BCUT2D eigenvalue weighted by Crippen LogP contribution is -1.99. The summed E-state index contributed by atoms with van der Waals surface area (Å²) in [7, 11) is 1.26. The first-order valence-corrected chi connectivity index (χ1v) is 6.47. The number of halogens is 1. The van der Waals surface area contributed by atoms with Crippen molar-refractivity contribution in [3.63, 3.8) is 0 Å². The molecule has 0 aliphatic rings. The van der Waals surface area contributed by atoms with Crippen molar-refractivity contribution >= 4 is 23.4 Å². The standard InChI is InChI=1S/C14H11ClN2O4/c1-20-13(19)11-6-17-10(7-18)12(16-14(17)21-11)8-2-4-9(15)5-3-8/h2-6,18H,7H2,1H3. The highest BCUT2D eigenvalue weighted by Gasteiger charge is 2.20. The number of aliphatic hydroxyl groups excluding tert-OH is 1. The van der Waals surface area contributed by atoms with Crippen molar-refractivity contribution in [2.75, 3.05) is 7.11 Å². The quantitative estimate of drug-likeness (QED) is 0.752. The van der Waals surface area contributed by atoms with Crippen LogP contribution in [-0.4, -0.2) is 27.6 Å². The van der Waals surface area contributed by atoms with Gasteiger partial charge in [-0.3, -0.25) is 4.40 Å². The number of benzene rings is 1. The van der Waals surface area contributed by atoms with Crippen molar-refractivity contribution in [1.82, 2.24) is 9.38 Å². The molecule has 0 unspecified atom stereocenters. The minimum absolute atomic E-state index is 0.0253. The van der Waals surface area contributed by atoms with E-state index in [9.17, 15) is 9.90 Å². The number of hydrogen-bond acceptors (Lipinski definition) is 5. The van der Waals surface area contributed by atoms with Crippen molar-refractivity contribution in [2.45, 2.75) is 6.61 Å². The fourth-order valence-electron chi connectivity index (χ4n) is 2.08. The first kappa shape index (κ1) is 13.7. The lowest BCUT2D eigenvalue weighted by molar-refractivity contribution is 0.0567. The first-order valence-electron chi connectivity index (χ1n) is 6.10. The van der Waals surface area contributed by atoms with Gasteiger partial charge in [0.15, 0.2) is 0 Å². The summed E-state index contributed by atoms with van der Waals surface area (Å²) in [5.41, 5.74) is 1.89. The number of rotatable bonds is 3. The number of carbonyl (C=O) groups excluding carboxylic acids is 1. The second-order valence-electron chi connectivity index (χ2n) is 4.31. The van der Waals surface area contributed by atoms with Gasteiger partial charge >= 0.3 is 11.8 Å². The highest BCUT2D eigenvalue weighted by molar-refractivity contribution is 6.30. The third kappa shape index (κ3) is 2.28. The topological polar surface area (TPSA) is 77.0 Å². The molecule has 3 aromatic rings. The average Bonchev–Trinajstić information content (AvgIpc) is 3.04. The Kier molecular flexibility index (Phi) is 3.40. The molecule has 2 aromatic heterocycles. The molecule has 0 saturated heterocycles. The highest BCUT2D eigenvalue weighted by atomic mass is 35.5. The summed E-state index contributed by atoms with van der Waals surface area (Å²) in [4.78, 5) is 15.7. The number of nitrogens with zero attached hydrogens (tertiary/aromatic N) is 2. The molecule has 6 nitrogen and oxygen atoms in total. The fraction of sp³-hybridized carbons (Fsp3) is 0.143. The maximum Gasteiger partial charge on any atom is 0.375 e. The van der Waals surface area contributed by atoms with Gasteiger partial charge in [-0.1, -0.05) is 23.7 Å². The molecular weight excluding hydrogens is 296 g/mol. The number of aliphatic hydroxyl groups is 1.